The largest absolute Gasteiger partial charge is 0.384 e. The first-order valence-electron chi connectivity index (χ1n) is 4.62. The molecule has 0 saturated carbocycles. The van der Waals surface area contributed by atoms with Gasteiger partial charge >= 0.3 is 0 Å². The van der Waals surface area contributed by atoms with Crippen LogP contribution >= 0.6 is 15.9 Å². The van der Waals surface area contributed by atoms with Crippen molar-refractivity contribution in [3.05, 3.63) is 64.4 Å². The van der Waals surface area contributed by atoms with Crippen LogP contribution in [0.4, 0.5) is 0 Å². The summed E-state index contributed by atoms with van der Waals surface area (Å²) in [4.78, 5) is 4.08. The lowest BCUT2D eigenvalue weighted by Gasteiger charge is -2.10. The van der Waals surface area contributed by atoms with Crippen LogP contribution in [-0.4, -0.2) is 10.1 Å². The van der Waals surface area contributed by atoms with Gasteiger partial charge in [0, 0.05) is 11.8 Å². The minimum absolute atomic E-state index is 0.605. The zero-order chi connectivity index (χ0) is 10.7. The lowest BCUT2D eigenvalue weighted by Crippen LogP contribution is -1.99. The second-order valence-corrected chi connectivity index (χ2v) is 4.04. The molecule has 0 fully saturated rings. The van der Waals surface area contributed by atoms with E-state index in [4.69, 9.17) is 0 Å². The average Bonchev–Trinajstić information content (AvgIpc) is 2.30. The monoisotopic (exact) mass is 263 g/mol. The highest BCUT2D eigenvalue weighted by molar-refractivity contribution is 9.10. The quantitative estimate of drug-likeness (QED) is 0.846. The van der Waals surface area contributed by atoms with E-state index in [1.165, 1.54) is 0 Å². The van der Waals surface area contributed by atoms with Gasteiger partial charge in [0.2, 0.25) is 0 Å². The fourth-order valence-corrected chi connectivity index (χ4v) is 1.61. The highest BCUT2D eigenvalue weighted by atomic mass is 79.9. The molecule has 1 unspecified atom stereocenters. The molecule has 0 bridgehead atoms. The fourth-order valence-electron chi connectivity index (χ4n) is 1.38. The molecule has 3 heteroatoms. The van der Waals surface area contributed by atoms with Crippen LogP contribution < -0.4 is 0 Å². The van der Waals surface area contributed by atoms with Gasteiger partial charge < -0.3 is 5.11 Å². The molecule has 2 rings (SSSR count). The van der Waals surface area contributed by atoms with Gasteiger partial charge in [-0.2, -0.15) is 0 Å². The predicted molar refractivity (Wildman–Crippen MR) is 62.4 cm³/mol. The van der Waals surface area contributed by atoms with E-state index in [-0.39, 0.29) is 0 Å². The third kappa shape index (κ3) is 2.43. The summed E-state index contributed by atoms with van der Waals surface area (Å²) in [7, 11) is 0. The molecule has 1 N–H and O–H groups in total. The molecule has 0 aliphatic heterocycles. The zero-order valence-electron chi connectivity index (χ0n) is 7.97. The van der Waals surface area contributed by atoms with E-state index in [9.17, 15) is 5.11 Å². The molecule has 0 amide bonds. The Morgan fingerprint density at radius 2 is 1.73 bits per heavy atom. The molecule has 15 heavy (non-hydrogen) atoms. The summed E-state index contributed by atoms with van der Waals surface area (Å²) >= 11 is 3.26. The normalized spacial score (nSPS) is 12.4. The Morgan fingerprint density at radius 3 is 2.33 bits per heavy atom. The van der Waals surface area contributed by atoms with Crippen molar-refractivity contribution in [2.45, 2.75) is 6.10 Å². The molecule has 2 nitrogen and oxygen atoms in total. The van der Waals surface area contributed by atoms with Crippen molar-refractivity contribution < 1.29 is 5.11 Å². The van der Waals surface area contributed by atoms with E-state index in [0.717, 1.165) is 15.7 Å². The number of hydrogen-bond acceptors (Lipinski definition) is 2. The highest BCUT2D eigenvalue weighted by Crippen LogP contribution is 2.21. The molecule has 1 heterocycles. The van der Waals surface area contributed by atoms with Gasteiger partial charge in [0.05, 0.1) is 0 Å². The van der Waals surface area contributed by atoms with Crippen molar-refractivity contribution in [2.75, 3.05) is 0 Å². The molecule has 76 valence electrons. The van der Waals surface area contributed by atoms with Gasteiger partial charge in [-0.15, -0.1) is 0 Å². The molecular weight excluding hydrogens is 254 g/mol. The molecule has 0 aliphatic rings. The first kappa shape index (κ1) is 10.3. The van der Waals surface area contributed by atoms with Crippen molar-refractivity contribution in [1.29, 1.82) is 0 Å². The molecule has 0 radical (unpaired) electrons. The number of aromatic nitrogens is 1. The van der Waals surface area contributed by atoms with Crippen LogP contribution in [-0.2, 0) is 0 Å². The van der Waals surface area contributed by atoms with Gasteiger partial charge in [-0.3, -0.25) is 0 Å². The maximum Gasteiger partial charge on any atom is 0.106 e. The summed E-state index contributed by atoms with van der Waals surface area (Å²) in [6.07, 6.45) is 1.06. The Hall–Kier alpha value is -1.19. The van der Waals surface area contributed by atoms with Crippen LogP contribution in [0.5, 0.6) is 0 Å². The summed E-state index contributed by atoms with van der Waals surface area (Å²) in [5.74, 6) is 0. The molecule has 1 aromatic carbocycles. The van der Waals surface area contributed by atoms with E-state index in [0.29, 0.717) is 0 Å². The number of aliphatic hydroxyl groups is 1. The summed E-state index contributed by atoms with van der Waals surface area (Å²) < 4.78 is 0.770. The van der Waals surface area contributed by atoms with Crippen molar-refractivity contribution in [3.8, 4) is 0 Å². The van der Waals surface area contributed by atoms with Gasteiger partial charge in [0.1, 0.15) is 10.7 Å². The SMILES string of the molecule is OC(c1ccccc1)c1ccc(Br)nc1. The lowest BCUT2D eigenvalue weighted by molar-refractivity contribution is 0.220. The van der Waals surface area contributed by atoms with Crippen molar-refractivity contribution in [2.24, 2.45) is 0 Å². The first-order chi connectivity index (χ1) is 7.27. The van der Waals surface area contributed by atoms with E-state index in [1.54, 1.807) is 6.20 Å². The van der Waals surface area contributed by atoms with Crippen LogP contribution in [0, 0.1) is 0 Å². The van der Waals surface area contributed by atoms with Crippen LogP contribution in [0.3, 0.4) is 0 Å². The van der Waals surface area contributed by atoms with Gasteiger partial charge in [0.25, 0.3) is 0 Å². The summed E-state index contributed by atoms with van der Waals surface area (Å²) in [5, 5.41) is 10.0. The van der Waals surface area contributed by atoms with Crippen LogP contribution in [0.15, 0.2) is 53.3 Å². The first-order valence-corrected chi connectivity index (χ1v) is 5.41. The van der Waals surface area contributed by atoms with Crippen molar-refractivity contribution >= 4 is 15.9 Å². The lowest BCUT2D eigenvalue weighted by atomic mass is 10.0. The van der Waals surface area contributed by atoms with Crippen LogP contribution in [0.25, 0.3) is 0 Å². The molecule has 2 aromatic rings. The Balaban J connectivity index is 2.29. The van der Waals surface area contributed by atoms with E-state index in [1.807, 2.05) is 42.5 Å². The standard InChI is InChI=1S/C12H10BrNO/c13-11-7-6-10(8-14-11)12(15)9-4-2-1-3-5-9/h1-8,12,15H. The van der Waals surface area contributed by atoms with Gasteiger partial charge in [-0.25, -0.2) is 4.98 Å². The second-order valence-electron chi connectivity index (χ2n) is 3.23. The number of aliphatic hydroxyl groups excluding tert-OH is 1. The van der Waals surface area contributed by atoms with Crippen molar-refractivity contribution in [1.82, 2.24) is 4.98 Å². The fraction of sp³-hybridized carbons (Fsp3) is 0.0833. The number of benzene rings is 1. The third-order valence-corrected chi connectivity index (χ3v) is 2.65. The average molecular weight is 264 g/mol. The maximum absolute atomic E-state index is 10.0. The third-order valence-electron chi connectivity index (χ3n) is 2.18. The smallest absolute Gasteiger partial charge is 0.106 e. The van der Waals surface area contributed by atoms with Gasteiger partial charge in [-0.05, 0) is 27.6 Å². The van der Waals surface area contributed by atoms with Crippen LogP contribution in [0.1, 0.15) is 17.2 Å². The second kappa shape index (κ2) is 4.55. The Morgan fingerprint density at radius 1 is 1.00 bits per heavy atom. The number of nitrogens with zero attached hydrogens (tertiary/aromatic N) is 1. The molecule has 0 aliphatic carbocycles. The number of halogens is 1. The van der Waals surface area contributed by atoms with Gasteiger partial charge in [-0.1, -0.05) is 36.4 Å². The number of pyridine rings is 1. The number of rotatable bonds is 2. The summed E-state index contributed by atoms with van der Waals surface area (Å²) in [6.45, 7) is 0. The minimum atomic E-state index is -0.605. The Labute approximate surface area is 96.7 Å². The summed E-state index contributed by atoms with van der Waals surface area (Å²) in [5.41, 5.74) is 1.67. The summed E-state index contributed by atoms with van der Waals surface area (Å²) in [6, 6.07) is 13.2. The number of hydrogen-bond donors (Lipinski definition) is 1. The van der Waals surface area contributed by atoms with Crippen LogP contribution in [0.2, 0.25) is 0 Å². The molecule has 1 aromatic heterocycles. The van der Waals surface area contributed by atoms with E-state index in [2.05, 4.69) is 20.9 Å². The molecule has 0 spiro atoms. The Kier molecular flexibility index (Phi) is 3.14. The predicted octanol–water partition coefficient (Wildman–Crippen LogP) is 2.93. The van der Waals surface area contributed by atoms with Gasteiger partial charge in [0.15, 0.2) is 0 Å². The van der Waals surface area contributed by atoms with E-state index < -0.39 is 6.10 Å². The Bertz CT molecular complexity index is 427. The zero-order valence-corrected chi connectivity index (χ0v) is 9.55. The molecular formula is C12H10BrNO. The van der Waals surface area contributed by atoms with Crippen molar-refractivity contribution in [3.63, 3.8) is 0 Å². The molecule has 0 saturated heterocycles. The van der Waals surface area contributed by atoms with E-state index >= 15 is 0 Å². The highest BCUT2D eigenvalue weighted by Gasteiger charge is 2.09. The topological polar surface area (TPSA) is 33.1 Å². The molecule has 1 atom stereocenters. The maximum atomic E-state index is 10.0. The minimum Gasteiger partial charge on any atom is -0.384 e.